The van der Waals surface area contributed by atoms with Crippen LogP contribution in [0.25, 0.3) is 0 Å². The van der Waals surface area contributed by atoms with Gasteiger partial charge in [0.15, 0.2) is 0 Å². The first kappa shape index (κ1) is 12.9. The number of ether oxygens (including phenoxy) is 1. The topological polar surface area (TPSA) is 78.8 Å². The van der Waals surface area contributed by atoms with Crippen molar-refractivity contribution in [3.8, 4) is 0 Å². The van der Waals surface area contributed by atoms with Crippen LogP contribution in [0, 0.1) is 0 Å². The summed E-state index contributed by atoms with van der Waals surface area (Å²) in [5.74, 6) is 0. The molecule has 1 aromatic rings. The van der Waals surface area contributed by atoms with Crippen molar-refractivity contribution in [2.24, 2.45) is 0 Å². The van der Waals surface area contributed by atoms with Crippen molar-refractivity contribution in [2.75, 3.05) is 0 Å². The van der Waals surface area contributed by atoms with Crippen LogP contribution in [0.15, 0.2) is 30.3 Å². The fourth-order valence-corrected chi connectivity index (χ4v) is 2.03. The Bertz CT molecular complexity index is 395. The third kappa shape index (κ3) is 3.21. The van der Waals surface area contributed by atoms with Crippen LogP contribution in [0.1, 0.15) is 18.4 Å². The van der Waals surface area contributed by atoms with E-state index in [1.165, 1.54) is 0 Å². The summed E-state index contributed by atoms with van der Waals surface area (Å²) in [6.07, 6.45) is -1.19. The summed E-state index contributed by atoms with van der Waals surface area (Å²) in [4.78, 5) is 11.5. The highest BCUT2D eigenvalue weighted by molar-refractivity contribution is 5.67. The van der Waals surface area contributed by atoms with Crippen LogP contribution in [-0.2, 0) is 11.3 Å². The number of aliphatic hydroxyl groups is 2. The lowest BCUT2D eigenvalue weighted by molar-refractivity contribution is 0.0289. The Kier molecular flexibility index (Phi) is 4.17. The zero-order valence-corrected chi connectivity index (χ0v) is 9.95. The first-order valence-electron chi connectivity index (χ1n) is 6.00. The molecular formula is C13H17NO4. The Morgan fingerprint density at radius 3 is 2.61 bits per heavy atom. The lowest BCUT2D eigenvalue weighted by Gasteiger charge is -2.17. The number of hydrogen-bond donors (Lipinski definition) is 3. The molecule has 1 fully saturated rings. The highest BCUT2D eigenvalue weighted by Crippen LogP contribution is 2.19. The summed E-state index contributed by atoms with van der Waals surface area (Å²) in [6, 6.07) is 8.92. The minimum atomic E-state index is -0.908. The van der Waals surface area contributed by atoms with Gasteiger partial charge in [0.05, 0.1) is 12.1 Å². The molecule has 2 rings (SSSR count). The molecule has 0 spiro atoms. The van der Waals surface area contributed by atoms with Gasteiger partial charge in [0.25, 0.3) is 0 Å². The summed E-state index contributed by atoms with van der Waals surface area (Å²) in [7, 11) is 0. The SMILES string of the molecule is O=C(N[C@@H]1CC[C@@H](O)[C@H]1O)OCc1ccccc1. The molecule has 5 heteroatoms. The molecule has 3 N–H and O–H groups in total. The molecular weight excluding hydrogens is 234 g/mol. The maximum atomic E-state index is 11.5. The molecule has 0 heterocycles. The predicted molar refractivity (Wildman–Crippen MR) is 64.8 cm³/mol. The van der Waals surface area contributed by atoms with E-state index in [9.17, 15) is 15.0 Å². The van der Waals surface area contributed by atoms with Crippen molar-refractivity contribution in [1.82, 2.24) is 5.32 Å². The zero-order valence-electron chi connectivity index (χ0n) is 9.95. The second-order valence-corrected chi connectivity index (χ2v) is 4.45. The van der Waals surface area contributed by atoms with Crippen LogP contribution >= 0.6 is 0 Å². The fraction of sp³-hybridized carbons (Fsp3) is 0.462. The van der Waals surface area contributed by atoms with Crippen LogP contribution in [0.3, 0.4) is 0 Å². The van der Waals surface area contributed by atoms with E-state index in [1.807, 2.05) is 30.3 Å². The van der Waals surface area contributed by atoms with Crippen LogP contribution in [0.2, 0.25) is 0 Å². The van der Waals surface area contributed by atoms with Gasteiger partial charge in [-0.1, -0.05) is 30.3 Å². The molecule has 1 aromatic carbocycles. The van der Waals surface area contributed by atoms with Gasteiger partial charge in [-0.2, -0.15) is 0 Å². The van der Waals surface area contributed by atoms with E-state index < -0.39 is 24.3 Å². The number of amides is 1. The molecule has 0 aliphatic heterocycles. The monoisotopic (exact) mass is 251 g/mol. The average molecular weight is 251 g/mol. The van der Waals surface area contributed by atoms with Crippen LogP contribution < -0.4 is 5.32 Å². The Morgan fingerprint density at radius 1 is 1.28 bits per heavy atom. The maximum absolute atomic E-state index is 11.5. The van der Waals surface area contributed by atoms with Gasteiger partial charge in [-0.3, -0.25) is 0 Å². The first-order chi connectivity index (χ1) is 8.66. The molecule has 0 bridgehead atoms. The summed E-state index contributed by atoms with van der Waals surface area (Å²) in [5.41, 5.74) is 0.902. The molecule has 0 saturated heterocycles. The summed E-state index contributed by atoms with van der Waals surface area (Å²) in [6.45, 7) is 0.193. The van der Waals surface area contributed by atoms with E-state index in [2.05, 4.69) is 5.32 Å². The highest BCUT2D eigenvalue weighted by Gasteiger charge is 2.34. The van der Waals surface area contributed by atoms with Gasteiger partial charge in [-0.25, -0.2) is 4.79 Å². The Balaban J connectivity index is 1.76. The minimum absolute atomic E-state index is 0.193. The van der Waals surface area contributed by atoms with Gasteiger partial charge in [0, 0.05) is 0 Å². The fourth-order valence-electron chi connectivity index (χ4n) is 2.03. The number of carbonyl (C=O) groups is 1. The van der Waals surface area contributed by atoms with E-state index in [0.29, 0.717) is 12.8 Å². The van der Waals surface area contributed by atoms with Crippen molar-refractivity contribution in [1.29, 1.82) is 0 Å². The molecule has 1 aliphatic rings. The zero-order chi connectivity index (χ0) is 13.0. The van der Waals surface area contributed by atoms with Gasteiger partial charge in [-0.05, 0) is 18.4 Å². The van der Waals surface area contributed by atoms with Crippen LogP contribution in [-0.4, -0.2) is 34.6 Å². The molecule has 1 amide bonds. The van der Waals surface area contributed by atoms with Gasteiger partial charge < -0.3 is 20.3 Å². The predicted octanol–water partition coefficient (Wildman–Crippen LogP) is 0.797. The van der Waals surface area contributed by atoms with Gasteiger partial charge in [0.1, 0.15) is 12.7 Å². The summed E-state index contributed by atoms with van der Waals surface area (Å²) < 4.78 is 5.03. The number of nitrogens with one attached hydrogen (secondary N) is 1. The lowest BCUT2D eigenvalue weighted by Crippen LogP contribution is -2.43. The van der Waals surface area contributed by atoms with Gasteiger partial charge in [0.2, 0.25) is 0 Å². The van der Waals surface area contributed by atoms with E-state index in [-0.39, 0.29) is 6.61 Å². The molecule has 0 aromatic heterocycles. The molecule has 1 aliphatic carbocycles. The number of hydrogen-bond acceptors (Lipinski definition) is 4. The Morgan fingerprint density at radius 2 is 2.00 bits per heavy atom. The van der Waals surface area contributed by atoms with E-state index >= 15 is 0 Å². The third-order valence-corrected chi connectivity index (χ3v) is 3.10. The van der Waals surface area contributed by atoms with Gasteiger partial charge >= 0.3 is 6.09 Å². The number of carbonyl (C=O) groups excluding carboxylic acids is 1. The van der Waals surface area contributed by atoms with Crippen molar-refractivity contribution in [2.45, 2.75) is 37.7 Å². The van der Waals surface area contributed by atoms with E-state index in [0.717, 1.165) is 5.56 Å². The summed E-state index contributed by atoms with van der Waals surface area (Å²) >= 11 is 0. The van der Waals surface area contributed by atoms with Crippen LogP contribution in [0.4, 0.5) is 4.79 Å². The quantitative estimate of drug-likeness (QED) is 0.742. The molecule has 1 saturated carbocycles. The Labute approximate surface area is 105 Å². The molecule has 18 heavy (non-hydrogen) atoms. The Hall–Kier alpha value is -1.59. The molecule has 98 valence electrons. The number of benzene rings is 1. The molecule has 5 nitrogen and oxygen atoms in total. The summed E-state index contributed by atoms with van der Waals surface area (Å²) in [5, 5.41) is 21.5. The lowest BCUT2D eigenvalue weighted by atomic mass is 10.2. The number of alkyl carbamates (subject to hydrolysis) is 1. The number of rotatable bonds is 3. The van der Waals surface area contributed by atoms with Crippen molar-refractivity contribution in [3.63, 3.8) is 0 Å². The van der Waals surface area contributed by atoms with Crippen LogP contribution in [0.5, 0.6) is 0 Å². The smallest absolute Gasteiger partial charge is 0.407 e. The third-order valence-electron chi connectivity index (χ3n) is 3.10. The molecule has 3 atom stereocenters. The minimum Gasteiger partial charge on any atom is -0.445 e. The second-order valence-electron chi connectivity index (χ2n) is 4.45. The van der Waals surface area contributed by atoms with Crippen molar-refractivity contribution < 1.29 is 19.7 Å². The molecule has 0 unspecified atom stereocenters. The van der Waals surface area contributed by atoms with E-state index in [1.54, 1.807) is 0 Å². The standard InChI is InChI=1S/C13H17NO4/c15-11-7-6-10(12(11)16)14-13(17)18-8-9-4-2-1-3-5-9/h1-5,10-12,15-16H,6-8H2,(H,14,17)/t10-,11-,12+/m1/s1. The van der Waals surface area contributed by atoms with Crippen molar-refractivity contribution >= 4 is 6.09 Å². The maximum Gasteiger partial charge on any atom is 0.407 e. The number of aliphatic hydroxyl groups excluding tert-OH is 2. The second kappa shape index (κ2) is 5.84. The average Bonchev–Trinajstić information content (AvgIpc) is 2.70. The van der Waals surface area contributed by atoms with E-state index in [4.69, 9.17) is 4.74 Å². The first-order valence-corrected chi connectivity index (χ1v) is 6.00. The normalized spacial score (nSPS) is 26.9. The van der Waals surface area contributed by atoms with Gasteiger partial charge in [-0.15, -0.1) is 0 Å². The largest absolute Gasteiger partial charge is 0.445 e. The highest BCUT2D eigenvalue weighted by atomic mass is 16.5. The molecule has 0 radical (unpaired) electrons. The van der Waals surface area contributed by atoms with Crippen molar-refractivity contribution in [3.05, 3.63) is 35.9 Å².